The summed E-state index contributed by atoms with van der Waals surface area (Å²) in [5, 5.41) is 8.18. The normalized spacial score (nSPS) is 12.4. The smallest absolute Gasteiger partial charge is 0.119 e. The first-order valence-corrected chi connectivity index (χ1v) is 7.94. The van der Waals surface area contributed by atoms with Gasteiger partial charge in [-0.1, -0.05) is 12.1 Å². The van der Waals surface area contributed by atoms with Gasteiger partial charge in [-0.25, -0.2) is 0 Å². The maximum Gasteiger partial charge on any atom is 0.119 e. The quantitative estimate of drug-likeness (QED) is 0.853. The molecule has 0 radical (unpaired) electrons. The Morgan fingerprint density at radius 1 is 1.32 bits per heavy atom. The van der Waals surface area contributed by atoms with Crippen molar-refractivity contribution in [2.24, 2.45) is 0 Å². The fourth-order valence-electron chi connectivity index (χ4n) is 2.80. The van der Waals surface area contributed by atoms with E-state index in [-0.39, 0.29) is 0 Å². The second kappa shape index (κ2) is 7.45. The van der Waals surface area contributed by atoms with E-state index >= 15 is 0 Å². The Kier molecular flexibility index (Phi) is 5.61. The molecule has 120 valence electrons. The number of aromatic nitrogens is 2. The summed E-state index contributed by atoms with van der Waals surface area (Å²) in [5.74, 6) is 0.917. The molecule has 1 aromatic heterocycles. The Hall–Kier alpha value is -1.81. The van der Waals surface area contributed by atoms with E-state index in [1.165, 1.54) is 16.8 Å². The third-order valence-electron chi connectivity index (χ3n) is 4.13. The zero-order chi connectivity index (χ0) is 16.1. The lowest BCUT2D eigenvalue weighted by molar-refractivity contribution is 0.414. The minimum absolute atomic E-state index is 0.399. The van der Waals surface area contributed by atoms with Crippen LogP contribution in [0, 0.1) is 13.8 Å². The Morgan fingerprint density at radius 3 is 2.73 bits per heavy atom. The van der Waals surface area contributed by atoms with Gasteiger partial charge in [-0.2, -0.15) is 5.10 Å². The third-order valence-corrected chi connectivity index (χ3v) is 4.13. The molecule has 0 saturated heterocycles. The van der Waals surface area contributed by atoms with Gasteiger partial charge in [0.2, 0.25) is 0 Å². The predicted octanol–water partition coefficient (Wildman–Crippen LogP) is 3.25. The van der Waals surface area contributed by atoms with Crippen molar-refractivity contribution in [1.82, 2.24) is 15.1 Å². The van der Waals surface area contributed by atoms with Gasteiger partial charge in [0.05, 0.1) is 12.8 Å². The molecule has 0 aliphatic rings. The van der Waals surface area contributed by atoms with Crippen LogP contribution in [-0.2, 0) is 19.5 Å². The molecule has 0 fully saturated rings. The molecular formula is C18H27N3O. The van der Waals surface area contributed by atoms with Gasteiger partial charge in [0.1, 0.15) is 5.75 Å². The molecule has 0 unspecified atom stereocenters. The van der Waals surface area contributed by atoms with Crippen molar-refractivity contribution < 1.29 is 4.74 Å². The summed E-state index contributed by atoms with van der Waals surface area (Å²) >= 11 is 0. The topological polar surface area (TPSA) is 39.1 Å². The molecule has 0 amide bonds. The minimum atomic E-state index is 0.399. The molecule has 22 heavy (non-hydrogen) atoms. The highest BCUT2D eigenvalue weighted by atomic mass is 16.5. The summed E-state index contributed by atoms with van der Waals surface area (Å²) < 4.78 is 7.35. The average molecular weight is 301 g/mol. The van der Waals surface area contributed by atoms with E-state index in [4.69, 9.17) is 4.74 Å². The van der Waals surface area contributed by atoms with E-state index in [0.29, 0.717) is 6.04 Å². The van der Waals surface area contributed by atoms with Crippen LogP contribution >= 0.6 is 0 Å². The van der Waals surface area contributed by atoms with E-state index < -0.39 is 0 Å². The van der Waals surface area contributed by atoms with Crippen molar-refractivity contribution in [2.45, 2.75) is 53.2 Å². The van der Waals surface area contributed by atoms with Crippen LogP contribution in [-0.4, -0.2) is 22.9 Å². The lowest BCUT2D eigenvalue weighted by Crippen LogP contribution is -2.28. The fourth-order valence-corrected chi connectivity index (χ4v) is 2.80. The molecule has 1 N–H and O–H groups in total. The number of nitrogens with one attached hydrogen (secondary N) is 1. The first-order chi connectivity index (χ1) is 10.5. The number of hydrogen-bond donors (Lipinski definition) is 1. The molecule has 1 heterocycles. The van der Waals surface area contributed by atoms with Crippen LogP contribution in [0.15, 0.2) is 24.3 Å². The molecule has 0 aliphatic heterocycles. The first kappa shape index (κ1) is 16.6. The van der Waals surface area contributed by atoms with Gasteiger partial charge >= 0.3 is 0 Å². The zero-order valence-corrected chi connectivity index (χ0v) is 14.3. The molecule has 0 saturated carbocycles. The highest BCUT2D eigenvalue weighted by molar-refractivity contribution is 5.29. The van der Waals surface area contributed by atoms with Gasteiger partial charge < -0.3 is 10.1 Å². The van der Waals surface area contributed by atoms with Crippen molar-refractivity contribution in [3.8, 4) is 5.75 Å². The fraction of sp³-hybridized carbons (Fsp3) is 0.500. The number of ether oxygens (including phenoxy) is 1. The molecule has 2 rings (SSSR count). The SMILES string of the molecule is CCn1nc(C)c(CN[C@H](C)Cc2cccc(OC)c2)c1C. The van der Waals surface area contributed by atoms with E-state index in [1.807, 2.05) is 12.1 Å². The van der Waals surface area contributed by atoms with E-state index in [9.17, 15) is 0 Å². The van der Waals surface area contributed by atoms with E-state index in [2.05, 4.69) is 54.9 Å². The van der Waals surface area contributed by atoms with E-state index in [0.717, 1.165) is 31.0 Å². The van der Waals surface area contributed by atoms with Crippen LogP contribution < -0.4 is 10.1 Å². The lowest BCUT2D eigenvalue weighted by atomic mass is 10.1. The maximum atomic E-state index is 5.28. The van der Waals surface area contributed by atoms with Crippen molar-refractivity contribution >= 4 is 0 Å². The van der Waals surface area contributed by atoms with Crippen molar-refractivity contribution in [2.75, 3.05) is 7.11 Å². The van der Waals surface area contributed by atoms with Crippen LogP contribution in [0.5, 0.6) is 5.75 Å². The second-order valence-corrected chi connectivity index (χ2v) is 5.80. The Morgan fingerprint density at radius 2 is 2.09 bits per heavy atom. The highest BCUT2D eigenvalue weighted by Crippen LogP contribution is 2.15. The molecule has 2 aromatic rings. The Balaban J connectivity index is 1.95. The zero-order valence-electron chi connectivity index (χ0n) is 14.3. The molecule has 1 aromatic carbocycles. The van der Waals surface area contributed by atoms with Crippen LogP contribution in [0.2, 0.25) is 0 Å². The van der Waals surface area contributed by atoms with Crippen LogP contribution in [0.3, 0.4) is 0 Å². The Labute approximate surface area is 133 Å². The number of rotatable bonds is 7. The van der Waals surface area contributed by atoms with Crippen molar-refractivity contribution in [1.29, 1.82) is 0 Å². The predicted molar refractivity (Wildman–Crippen MR) is 90.4 cm³/mol. The summed E-state index contributed by atoms with van der Waals surface area (Å²) in [6.07, 6.45) is 0.983. The molecule has 0 spiro atoms. The van der Waals surface area contributed by atoms with Crippen LogP contribution in [0.1, 0.15) is 36.4 Å². The molecule has 4 nitrogen and oxygen atoms in total. The molecule has 1 atom stereocenters. The number of benzene rings is 1. The summed E-state index contributed by atoms with van der Waals surface area (Å²) in [4.78, 5) is 0. The largest absolute Gasteiger partial charge is 0.497 e. The number of methoxy groups -OCH3 is 1. The van der Waals surface area contributed by atoms with Gasteiger partial charge in [0, 0.05) is 30.4 Å². The Bertz CT molecular complexity index is 619. The standard InChI is InChI=1S/C18H27N3O/c1-6-21-15(4)18(14(3)20-21)12-19-13(2)10-16-8-7-9-17(11-16)22-5/h7-9,11,13,19H,6,10,12H2,1-5H3/t13-/m1/s1. The van der Waals surface area contributed by atoms with Gasteiger partial charge in [0.25, 0.3) is 0 Å². The minimum Gasteiger partial charge on any atom is -0.497 e. The highest BCUT2D eigenvalue weighted by Gasteiger charge is 2.12. The van der Waals surface area contributed by atoms with E-state index in [1.54, 1.807) is 7.11 Å². The molecule has 0 aliphatic carbocycles. The number of nitrogens with zero attached hydrogens (tertiary/aromatic N) is 2. The molecule has 0 bridgehead atoms. The average Bonchev–Trinajstić information content (AvgIpc) is 2.79. The monoisotopic (exact) mass is 301 g/mol. The number of aryl methyl sites for hydroxylation is 2. The van der Waals surface area contributed by atoms with Crippen molar-refractivity contribution in [3.05, 3.63) is 46.8 Å². The lowest BCUT2D eigenvalue weighted by Gasteiger charge is -2.15. The van der Waals surface area contributed by atoms with Gasteiger partial charge in [-0.3, -0.25) is 4.68 Å². The summed E-state index contributed by atoms with van der Waals surface area (Å²) in [6.45, 7) is 10.4. The van der Waals surface area contributed by atoms with Gasteiger partial charge in [-0.05, 0) is 51.8 Å². The number of hydrogen-bond acceptors (Lipinski definition) is 3. The van der Waals surface area contributed by atoms with Crippen LogP contribution in [0.25, 0.3) is 0 Å². The van der Waals surface area contributed by atoms with Gasteiger partial charge in [-0.15, -0.1) is 0 Å². The maximum absolute atomic E-state index is 5.28. The molecule has 4 heteroatoms. The summed E-state index contributed by atoms with van der Waals surface area (Å²) in [5.41, 5.74) is 5.00. The second-order valence-electron chi connectivity index (χ2n) is 5.80. The summed E-state index contributed by atoms with van der Waals surface area (Å²) in [7, 11) is 1.71. The first-order valence-electron chi connectivity index (χ1n) is 7.94. The van der Waals surface area contributed by atoms with Crippen LogP contribution in [0.4, 0.5) is 0 Å². The summed E-state index contributed by atoms with van der Waals surface area (Å²) in [6, 6.07) is 8.67. The van der Waals surface area contributed by atoms with Gasteiger partial charge in [0.15, 0.2) is 0 Å². The third kappa shape index (κ3) is 3.89. The molecular weight excluding hydrogens is 274 g/mol. The van der Waals surface area contributed by atoms with Crippen molar-refractivity contribution in [3.63, 3.8) is 0 Å².